The molecule has 10 aromatic carbocycles. The summed E-state index contributed by atoms with van der Waals surface area (Å²) in [5.41, 5.74) is 21.0. The van der Waals surface area contributed by atoms with Crippen molar-refractivity contribution in [2.24, 2.45) is 10.7 Å². The van der Waals surface area contributed by atoms with Crippen LogP contribution in [0.1, 0.15) is 41.7 Å². The van der Waals surface area contributed by atoms with Crippen LogP contribution < -0.4 is 5.73 Å². The first kappa shape index (κ1) is 36.5. The number of hydrogen-bond acceptors (Lipinski definition) is 1. The van der Waals surface area contributed by atoms with Crippen LogP contribution in [0.15, 0.2) is 211 Å². The van der Waals surface area contributed by atoms with Crippen molar-refractivity contribution in [2.75, 3.05) is 0 Å². The summed E-state index contributed by atoms with van der Waals surface area (Å²) in [4.78, 5) is 5.16. The number of fused-ring (bicyclic) bond motifs is 7. The molecule has 0 atom stereocenters. The molecule has 1 aliphatic rings. The molecule has 0 bridgehead atoms. The SMILES string of the molecule is CC1(C)c2cc(-c3ccc(-c4ccc(/C(=C/Cc5ccc6ccccc6c5)N=C(N)c5ccccc5)c5ccccc45)c4ccccc34)ccc2-c2cc3ccccc3cc21. The van der Waals surface area contributed by atoms with Crippen molar-refractivity contribution in [1.82, 2.24) is 0 Å². The van der Waals surface area contributed by atoms with Crippen molar-refractivity contribution in [1.29, 1.82) is 0 Å². The zero-order valence-corrected chi connectivity index (χ0v) is 34.4. The number of nitrogens with two attached hydrogens (primary N) is 1. The first-order valence-electron chi connectivity index (χ1n) is 21.2. The van der Waals surface area contributed by atoms with Crippen LogP contribution in [-0.4, -0.2) is 5.84 Å². The van der Waals surface area contributed by atoms with Gasteiger partial charge in [-0.1, -0.05) is 202 Å². The third-order valence-electron chi connectivity index (χ3n) is 12.9. The summed E-state index contributed by atoms with van der Waals surface area (Å²) in [7, 11) is 0. The summed E-state index contributed by atoms with van der Waals surface area (Å²) in [6.07, 6.45) is 2.95. The summed E-state index contributed by atoms with van der Waals surface area (Å²) >= 11 is 0. The molecule has 0 heterocycles. The van der Waals surface area contributed by atoms with E-state index in [9.17, 15) is 0 Å². The van der Waals surface area contributed by atoms with E-state index in [0.29, 0.717) is 5.84 Å². The van der Waals surface area contributed by atoms with Gasteiger partial charge in [-0.25, -0.2) is 4.99 Å². The van der Waals surface area contributed by atoms with Gasteiger partial charge in [-0.15, -0.1) is 0 Å². The van der Waals surface area contributed by atoms with Crippen LogP contribution >= 0.6 is 0 Å². The van der Waals surface area contributed by atoms with Gasteiger partial charge in [-0.05, 0) is 118 Å². The zero-order chi connectivity index (χ0) is 41.1. The van der Waals surface area contributed by atoms with Gasteiger partial charge in [0.05, 0.1) is 5.70 Å². The second kappa shape index (κ2) is 14.6. The Labute approximate surface area is 357 Å². The molecule has 290 valence electrons. The molecule has 2 nitrogen and oxygen atoms in total. The molecule has 2 N–H and O–H groups in total. The average Bonchev–Trinajstić information content (AvgIpc) is 3.53. The molecule has 11 rings (SSSR count). The van der Waals surface area contributed by atoms with Gasteiger partial charge in [0.1, 0.15) is 5.84 Å². The first-order valence-corrected chi connectivity index (χ1v) is 21.2. The smallest absolute Gasteiger partial charge is 0.131 e. The van der Waals surface area contributed by atoms with E-state index in [-0.39, 0.29) is 5.41 Å². The lowest BCUT2D eigenvalue weighted by Crippen LogP contribution is -2.15. The fraction of sp³-hybridized carbons (Fsp3) is 0.0678. The van der Waals surface area contributed by atoms with E-state index < -0.39 is 0 Å². The Morgan fingerprint density at radius 1 is 0.459 bits per heavy atom. The Morgan fingerprint density at radius 3 is 1.74 bits per heavy atom. The number of benzene rings is 10. The van der Waals surface area contributed by atoms with Crippen molar-refractivity contribution in [2.45, 2.75) is 25.7 Å². The van der Waals surface area contributed by atoms with Gasteiger partial charge in [0.25, 0.3) is 0 Å². The molecule has 0 saturated heterocycles. The highest BCUT2D eigenvalue weighted by molar-refractivity contribution is 6.12. The van der Waals surface area contributed by atoms with Gasteiger partial charge in [-0.3, -0.25) is 0 Å². The van der Waals surface area contributed by atoms with Crippen molar-refractivity contribution in [3.05, 3.63) is 234 Å². The highest BCUT2D eigenvalue weighted by Gasteiger charge is 2.36. The summed E-state index contributed by atoms with van der Waals surface area (Å²) in [5.74, 6) is 0.493. The number of amidine groups is 1. The summed E-state index contributed by atoms with van der Waals surface area (Å²) in [5, 5.41) is 9.82. The Bertz CT molecular complexity index is 3420. The van der Waals surface area contributed by atoms with E-state index in [1.165, 1.54) is 87.8 Å². The number of allylic oxidation sites excluding steroid dienone is 1. The number of aliphatic imine (C=N–C) groups is 1. The maximum absolute atomic E-state index is 6.76. The molecular formula is C59H44N2. The maximum Gasteiger partial charge on any atom is 0.131 e. The van der Waals surface area contributed by atoms with E-state index in [1.54, 1.807) is 0 Å². The highest BCUT2D eigenvalue weighted by atomic mass is 14.9. The lowest BCUT2D eigenvalue weighted by molar-refractivity contribution is 0.661. The Hall–Kier alpha value is -7.55. The van der Waals surface area contributed by atoms with Crippen LogP contribution in [0.2, 0.25) is 0 Å². The lowest BCUT2D eigenvalue weighted by atomic mass is 9.80. The summed E-state index contributed by atoms with van der Waals surface area (Å²) in [6, 6.07) is 72.6. The van der Waals surface area contributed by atoms with Gasteiger partial charge in [0, 0.05) is 16.5 Å². The number of nitrogens with zero attached hydrogens (tertiary/aromatic N) is 1. The predicted octanol–water partition coefficient (Wildman–Crippen LogP) is 14.9. The second-order valence-corrected chi connectivity index (χ2v) is 16.9. The van der Waals surface area contributed by atoms with Crippen molar-refractivity contribution >= 4 is 54.6 Å². The molecule has 0 aliphatic heterocycles. The van der Waals surface area contributed by atoms with Crippen LogP contribution in [0.25, 0.3) is 82.2 Å². The van der Waals surface area contributed by atoms with Crippen LogP contribution in [0.4, 0.5) is 0 Å². The zero-order valence-electron chi connectivity index (χ0n) is 34.4. The van der Waals surface area contributed by atoms with E-state index in [2.05, 4.69) is 190 Å². The van der Waals surface area contributed by atoms with E-state index in [1.807, 2.05) is 30.3 Å². The van der Waals surface area contributed by atoms with Crippen LogP contribution in [0, 0.1) is 0 Å². The van der Waals surface area contributed by atoms with Gasteiger partial charge >= 0.3 is 0 Å². The minimum absolute atomic E-state index is 0.111. The maximum atomic E-state index is 6.76. The quantitative estimate of drug-likeness (QED) is 0.127. The summed E-state index contributed by atoms with van der Waals surface area (Å²) < 4.78 is 0. The molecule has 10 aromatic rings. The predicted molar refractivity (Wildman–Crippen MR) is 260 cm³/mol. The first-order chi connectivity index (χ1) is 29.9. The minimum atomic E-state index is -0.111. The molecule has 1 aliphatic carbocycles. The largest absolute Gasteiger partial charge is 0.383 e. The molecule has 2 heteroatoms. The van der Waals surface area contributed by atoms with Crippen LogP contribution in [-0.2, 0) is 11.8 Å². The molecule has 0 amide bonds. The van der Waals surface area contributed by atoms with Crippen molar-refractivity contribution in [3.8, 4) is 33.4 Å². The van der Waals surface area contributed by atoms with Gasteiger partial charge in [-0.2, -0.15) is 0 Å². The van der Waals surface area contributed by atoms with Crippen LogP contribution in [0.5, 0.6) is 0 Å². The van der Waals surface area contributed by atoms with Gasteiger partial charge in [0.2, 0.25) is 0 Å². The molecular weight excluding hydrogens is 737 g/mol. The monoisotopic (exact) mass is 780 g/mol. The van der Waals surface area contributed by atoms with E-state index in [0.717, 1.165) is 28.6 Å². The molecule has 0 spiro atoms. The normalized spacial score (nSPS) is 13.5. The Kier molecular flexibility index (Phi) is 8.75. The molecule has 0 saturated carbocycles. The standard InChI is InChI=1S/C59H44N2/c1-59(2)55-37-44(27-28-52(55)54-35-42-18-8-9-19-43(42)36-56(54)59)45-29-30-50(47-21-11-10-20-46(45)47)51-31-32-53(49-23-13-12-22-48(49)51)57(61-58(60)40-15-4-3-5-16-40)33-25-38-24-26-39-14-6-7-17-41(39)34-38/h3-24,26-37H,25H2,1-2H3,(H2,60,61)/b57-33-. The molecule has 61 heavy (non-hydrogen) atoms. The molecule has 0 unspecified atom stereocenters. The molecule has 0 radical (unpaired) electrons. The summed E-state index contributed by atoms with van der Waals surface area (Å²) in [6.45, 7) is 4.75. The molecule has 0 fully saturated rings. The van der Waals surface area contributed by atoms with Gasteiger partial charge < -0.3 is 5.73 Å². The van der Waals surface area contributed by atoms with Crippen LogP contribution in [0.3, 0.4) is 0 Å². The Balaban J connectivity index is 1.02. The van der Waals surface area contributed by atoms with Crippen molar-refractivity contribution in [3.63, 3.8) is 0 Å². The fourth-order valence-corrected chi connectivity index (χ4v) is 9.73. The molecule has 0 aromatic heterocycles. The third-order valence-corrected chi connectivity index (χ3v) is 12.9. The third kappa shape index (κ3) is 6.31. The Morgan fingerprint density at radius 2 is 1.00 bits per heavy atom. The highest BCUT2D eigenvalue weighted by Crippen LogP contribution is 2.51. The van der Waals surface area contributed by atoms with Gasteiger partial charge in [0.15, 0.2) is 0 Å². The number of hydrogen-bond donors (Lipinski definition) is 1. The second-order valence-electron chi connectivity index (χ2n) is 16.9. The lowest BCUT2D eigenvalue weighted by Gasteiger charge is -2.22. The minimum Gasteiger partial charge on any atom is -0.383 e. The average molecular weight is 781 g/mol. The fourth-order valence-electron chi connectivity index (χ4n) is 9.73. The number of rotatable bonds is 7. The topological polar surface area (TPSA) is 38.4 Å². The van der Waals surface area contributed by atoms with E-state index >= 15 is 0 Å². The van der Waals surface area contributed by atoms with E-state index in [4.69, 9.17) is 10.7 Å². The van der Waals surface area contributed by atoms with Crippen molar-refractivity contribution < 1.29 is 0 Å².